The Balaban J connectivity index is 1.32. The van der Waals surface area contributed by atoms with Gasteiger partial charge in [-0.3, -0.25) is 9.36 Å². The minimum Gasteiger partial charge on any atom is -0.354 e. The fourth-order valence-electron chi connectivity index (χ4n) is 9.36. The zero-order valence-electron chi connectivity index (χ0n) is 25.8. The molecule has 0 saturated carbocycles. The van der Waals surface area contributed by atoms with Gasteiger partial charge in [0.15, 0.2) is 0 Å². The van der Waals surface area contributed by atoms with Gasteiger partial charge in [0.1, 0.15) is 0 Å². The summed E-state index contributed by atoms with van der Waals surface area (Å²) in [6.07, 6.45) is 6.68. The van der Waals surface area contributed by atoms with E-state index in [0.29, 0.717) is 5.56 Å². The number of rotatable bonds is 1. The third-order valence-electron chi connectivity index (χ3n) is 11.1. The van der Waals surface area contributed by atoms with Crippen molar-refractivity contribution in [2.24, 2.45) is 0 Å². The topological polar surface area (TPSA) is 37.8 Å². The maximum Gasteiger partial charge on any atom is 0.264 e. The highest BCUT2D eigenvalue weighted by Gasteiger charge is 2.54. The predicted octanol–water partition coefficient (Wildman–Crippen LogP) is 11.3. The quantitative estimate of drug-likeness (QED) is 0.184. The smallest absolute Gasteiger partial charge is 0.264 e. The van der Waals surface area contributed by atoms with E-state index >= 15 is 0 Å². The van der Waals surface area contributed by atoms with Crippen LogP contribution in [0.3, 0.4) is 0 Å². The van der Waals surface area contributed by atoms with Crippen LogP contribution in [0.5, 0.6) is 0 Å². The third-order valence-corrected chi connectivity index (χ3v) is 11.8. The summed E-state index contributed by atoms with van der Waals surface area (Å²) in [7, 11) is 0. The Morgan fingerprint density at radius 2 is 1.42 bits per heavy atom. The zero-order valence-corrected chi connectivity index (χ0v) is 27.4. The summed E-state index contributed by atoms with van der Waals surface area (Å²) in [5.41, 5.74) is 14.8. The van der Waals surface area contributed by atoms with Crippen LogP contribution < -0.4 is 0 Å². The van der Waals surface area contributed by atoms with E-state index in [9.17, 15) is 4.79 Å². The van der Waals surface area contributed by atoms with Crippen molar-refractivity contribution in [2.45, 2.75) is 18.3 Å². The van der Waals surface area contributed by atoms with Crippen molar-refractivity contribution in [3.05, 3.63) is 171 Å². The van der Waals surface area contributed by atoms with E-state index in [1.165, 1.54) is 55.3 Å². The predicted molar refractivity (Wildman–Crippen MR) is 200 cm³/mol. The highest BCUT2D eigenvalue weighted by molar-refractivity contribution is 9.10. The van der Waals surface area contributed by atoms with Crippen LogP contribution in [0.1, 0.15) is 45.5 Å². The van der Waals surface area contributed by atoms with Crippen molar-refractivity contribution in [1.29, 1.82) is 0 Å². The number of aromatic nitrogens is 2. The Morgan fingerprint density at radius 1 is 0.688 bits per heavy atom. The first-order valence-electron chi connectivity index (χ1n) is 16.6. The van der Waals surface area contributed by atoms with Crippen molar-refractivity contribution in [1.82, 2.24) is 9.55 Å². The molecule has 0 amide bonds. The monoisotopic (exact) mass is 678 g/mol. The van der Waals surface area contributed by atoms with Crippen molar-refractivity contribution < 1.29 is 4.79 Å². The summed E-state index contributed by atoms with van der Waals surface area (Å²) in [6.45, 7) is 0. The zero-order chi connectivity index (χ0) is 31.7. The van der Waals surface area contributed by atoms with Gasteiger partial charge in [-0.15, -0.1) is 0 Å². The van der Waals surface area contributed by atoms with Gasteiger partial charge in [-0.05, 0) is 86.4 Å². The number of aromatic amines is 1. The SMILES string of the molecule is O=C(c1ccccc1Br)n1c2ccccc2c2ccc3c(c21)-c1ccccc1C31C2=C(C=CCC2)c2c1ccc1c2[nH]c2ccccc21. The van der Waals surface area contributed by atoms with Gasteiger partial charge in [0, 0.05) is 42.7 Å². The molecule has 0 fully saturated rings. The molecule has 1 unspecified atom stereocenters. The molecule has 1 N–H and O–H groups in total. The lowest BCUT2D eigenvalue weighted by Gasteiger charge is -2.33. The van der Waals surface area contributed by atoms with Crippen LogP contribution in [-0.2, 0) is 5.41 Å². The summed E-state index contributed by atoms with van der Waals surface area (Å²) in [6, 6.07) is 43.0. The third kappa shape index (κ3) is 3.08. The molecule has 3 nitrogen and oxygen atoms in total. The number of H-pyrrole nitrogens is 1. The van der Waals surface area contributed by atoms with E-state index in [2.05, 4.69) is 124 Å². The lowest BCUT2D eigenvalue weighted by Crippen LogP contribution is -2.27. The first-order chi connectivity index (χ1) is 23.7. The second kappa shape index (κ2) is 9.33. The average Bonchev–Trinajstić information content (AvgIpc) is 3.85. The second-order valence-corrected chi connectivity index (χ2v) is 14.1. The minimum atomic E-state index is -0.460. The highest BCUT2D eigenvalue weighted by atomic mass is 79.9. The summed E-state index contributed by atoms with van der Waals surface area (Å²) in [4.78, 5) is 18.6. The molecule has 0 aliphatic heterocycles. The first-order valence-corrected chi connectivity index (χ1v) is 17.4. The number of nitrogens with one attached hydrogen (secondary N) is 1. The van der Waals surface area contributed by atoms with Crippen LogP contribution in [0, 0.1) is 0 Å². The molecule has 4 heteroatoms. The van der Waals surface area contributed by atoms with Gasteiger partial charge in [-0.1, -0.05) is 109 Å². The molecule has 0 bridgehead atoms. The van der Waals surface area contributed by atoms with Crippen LogP contribution in [-0.4, -0.2) is 15.5 Å². The molecule has 0 radical (unpaired) electrons. The van der Waals surface area contributed by atoms with E-state index in [1.54, 1.807) is 0 Å². The van der Waals surface area contributed by atoms with Crippen LogP contribution in [0.2, 0.25) is 0 Å². The molecule has 3 aliphatic carbocycles. The number of halogens is 1. The molecule has 11 rings (SSSR count). The lowest BCUT2D eigenvalue weighted by molar-refractivity contribution is 0.0969. The van der Waals surface area contributed by atoms with Gasteiger partial charge in [0.25, 0.3) is 5.91 Å². The van der Waals surface area contributed by atoms with Crippen LogP contribution >= 0.6 is 15.9 Å². The molecule has 8 aromatic rings. The number of hydrogen-bond donors (Lipinski definition) is 1. The van der Waals surface area contributed by atoms with Crippen molar-refractivity contribution in [3.8, 4) is 11.1 Å². The van der Waals surface area contributed by atoms with Gasteiger partial charge in [-0.25, -0.2) is 0 Å². The summed E-state index contributed by atoms with van der Waals surface area (Å²) < 4.78 is 2.77. The summed E-state index contributed by atoms with van der Waals surface area (Å²) in [5, 5.41) is 4.69. The van der Waals surface area contributed by atoms with Crippen LogP contribution in [0.15, 0.2) is 144 Å². The van der Waals surface area contributed by atoms with E-state index < -0.39 is 5.41 Å². The molecule has 3 aliphatic rings. The van der Waals surface area contributed by atoms with E-state index in [1.807, 2.05) is 34.9 Å². The Morgan fingerprint density at radius 3 is 2.31 bits per heavy atom. The van der Waals surface area contributed by atoms with Crippen molar-refractivity contribution >= 4 is 71.0 Å². The number of fused-ring (bicyclic) bond motifs is 17. The molecular formula is C44H27BrN2O. The summed E-state index contributed by atoms with van der Waals surface area (Å²) in [5.74, 6) is -0.0346. The Bertz CT molecular complexity index is 2830. The Labute approximate surface area is 285 Å². The van der Waals surface area contributed by atoms with E-state index in [0.717, 1.165) is 50.2 Å². The first kappa shape index (κ1) is 26.6. The molecular weight excluding hydrogens is 652 g/mol. The normalized spacial score (nSPS) is 17.5. The van der Waals surface area contributed by atoms with Gasteiger partial charge >= 0.3 is 0 Å². The highest BCUT2D eigenvalue weighted by Crippen LogP contribution is 2.65. The molecule has 2 heterocycles. The van der Waals surface area contributed by atoms with Crippen molar-refractivity contribution in [3.63, 3.8) is 0 Å². The molecule has 1 atom stereocenters. The van der Waals surface area contributed by atoms with Gasteiger partial charge in [-0.2, -0.15) is 0 Å². The number of para-hydroxylation sites is 2. The van der Waals surface area contributed by atoms with Gasteiger partial charge in [0.2, 0.25) is 0 Å². The maximum atomic E-state index is 14.7. The molecule has 6 aromatic carbocycles. The van der Waals surface area contributed by atoms with Gasteiger partial charge < -0.3 is 4.98 Å². The molecule has 226 valence electrons. The minimum absolute atomic E-state index is 0.0346. The standard InChI is InChI=1S/C44H27BrN2O/c45-36-18-8-3-15-31(36)43(48)47-38-20-10-5-12-26(38)28-22-24-35-40(42(28)47)30-14-2-7-17-33(30)44(35)32-16-6-1-13-29(32)39-34(44)23-21-27-25-11-4-9-19-37(25)46-41(27)39/h1-5,7-15,17-24,46H,6,16H2. The molecule has 0 saturated heterocycles. The Hall–Kier alpha value is -5.45. The average molecular weight is 680 g/mol. The number of carbonyl (C=O) groups is 1. The van der Waals surface area contributed by atoms with Crippen molar-refractivity contribution in [2.75, 3.05) is 0 Å². The van der Waals surface area contributed by atoms with E-state index in [4.69, 9.17) is 0 Å². The molecule has 1 spiro atoms. The van der Waals surface area contributed by atoms with Gasteiger partial charge in [0.05, 0.1) is 27.5 Å². The fourth-order valence-corrected chi connectivity index (χ4v) is 9.81. The van der Waals surface area contributed by atoms with Crippen LogP contribution in [0.25, 0.3) is 60.3 Å². The number of carbonyl (C=O) groups excluding carboxylic acids is 1. The fraction of sp³-hybridized carbons (Fsp3) is 0.0682. The Kier molecular flexibility index (Phi) is 5.17. The number of benzene rings is 6. The number of hydrogen-bond acceptors (Lipinski definition) is 1. The van der Waals surface area contributed by atoms with Crippen LogP contribution in [0.4, 0.5) is 0 Å². The largest absolute Gasteiger partial charge is 0.354 e. The molecule has 2 aromatic heterocycles. The lowest BCUT2D eigenvalue weighted by atomic mass is 9.68. The number of allylic oxidation sites excluding steroid dienone is 4. The number of nitrogens with zero attached hydrogens (tertiary/aromatic N) is 1. The summed E-state index contributed by atoms with van der Waals surface area (Å²) >= 11 is 3.69. The molecule has 48 heavy (non-hydrogen) atoms. The second-order valence-electron chi connectivity index (χ2n) is 13.2. The van der Waals surface area contributed by atoms with E-state index in [-0.39, 0.29) is 5.91 Å². The maximum absolute atomic E-state index is 14.7.